The SMILES string of the molecule is N=C(N)SCc1ccccc1Oc1ccc(F)cc1. The molecule has 0 heterocycles. The Bertz CT molecular complexity index is 572. The molecule has 0 bridgehead atoms. The maximum absolute atomic E-state index is 12.8. The second-order valence-electron chi connectivity index (χ2n) is 3.82. The number of ether oxygens (including phenoxy) is 1. The summed E-state index contributed by atoms with van der Waals surface area (Å²) in [6.07, 6.45) is 0. The van der Waals surface area contributed by atoms with Gasteiger partial charge in [-0.05, 0) is 30.3 Å². The van der Waals surface area contributed by atoms with Crippen molar-refractivity contribution in [3.05, 3.63) is 59.9 Å². The van der Waals surface area contributed by atoms with Crippen molar-refractivity contribution in [3.63, 3.8) is 0 Å². The Balaban J connectivity index is 2.15. The number of amidine groups is 1. The third-order valence-electron chi connectivity index (χ3n) is 2.40. The molecule has 0 saturated carbocycles. The number of hydrogen-bond acceptors (Lipinski definition) is 3. The van der Waals surface area contributed by atoms with Crippen molar-refractivity contribution >= 4 is 16.9 Å². The van der Waals surface area contributed by atoms with E-state index in [0.717, 1.165) is 5.56 Å². The zero-order chi connectivity index (χ0) is 13.7. The van der Waals surface area contributed by atoms with Crippen LogP contribution in [0.2, 0.25) is 0 Å². The van der Waals surface area contributed by atoms with Gasteiger partial charge < -0.3 is 10.5 Å². The van der Waals surface area contributed by atoms with Crippen LogP contribution in [0.3, 0.4) is 0 Å². The van der Waals surface area contributed by atoms with E-state index >= 15 is 0 Å². The fourth-order valence-corrected chi connectivity index (χ4v) is 2.06. The zero-order valence-electron chi connectivity index (χ0n) is 10.1. The number of nitrogens with two attached hydrogens (primary N) is 1. The normalized spacial score (nSPS) is 10.2. The highest BCUT2D eigenvalue weighted by atomic mass is 32.2. The molecule has 0 radical (unpaired) electrons. The monoisotopic (exact) mass is 276 g/mol. The number of para-hydroxylation sites is 1. The molecular weight excluding hydrogens is 263 g/mol. The molecular formula is C14H13FN2OS. The molecule has 0 saturated heterocycles. The van der Waals surface area contributed by atoms with E-state index in [1.807, 2.05) is 24.3 Å². The maximum Gasteiger partial charge on any atom is 0.151 e. The number of thioether (sulfide) groups is 1. The molecule has 0 aromatic heterocycles. The Morgan fingerprint density at radius 2 is 1.84 bits per heavy atom. The van der Waals surface area contributed by atoms with Gasteiger partial charge in [0.25, 0.3) is 0 Å². The molecule has 0 spiro atoms. The van der Waals surface area contributed by atoms with Crippen LogP contribution in [0, 0.1) is 11.2 Å². The van der Waals surface area contributed by atoms with Crippen LogP contribution >= 0.6 is 11.8 Å². The molecule has 0 aliphatic carbocycles. The molecule has 19 heavy (non-hydrogen) atoms. The van der Waals surface area contributed by atoms with Crippen molar-refractivity contribution < 1.29 is 9.13 Å². The first-order chi connectivity index (χ1) is 9.15. The average Bonchev–Trinajstić information content (AvgIpc) is 2.40. The number of rotatable bonds is 4. The Hall–Kier alpha value is -2.01. The van der Waals surface area contributed by atoms with Crippen LogP contribution < -0.4 is 10.5 Å². The summed E-state index contributed by atoms with van der Waals surface area (Å²) in [5, 5.41) is 7.28. The number of nitrogens with one attached hydrogen (secondary N) is 1. The minimum Gasteiger partial charge on any atom is -0.457 e. The molecule has 0 unspecified atom stereocenters. The van der Waals surface area contributed by atoms with Crippen molar-refractivity contribution in [2.45, 2.75) is 5.75 Å². The van der Waals surface area contributed by atoms with Crippen molar-refractivity contribution in [1.29, 1.82) is 5.41 Å². The quantitative estimate of drug-likeness (QED) is 0.660. The van der Waals surface area contributed by atoms with Crippen LogP contribution in [0.15, 0.2) is 48.5 Å². The summed E-state index contributed by atoms with van der Waals surface area (Å²) in [5.74, 6) is 1.52. The molecule has 2 rings (SSSR count). The lowest BCUT2D eigenvalue weighted by atomic mass is 10.2. The second-order valence-corrected chi connectivity index (χ2v) is 4.83. The van der Waals surface area contributed by atoms with E-state index < -0.39 is 0 Å². The van der Waals surface area contributed by atoms with Crippen LogP contribution in [0.1, 0.15) is 5.56 Å². The Morgan fingerprint density at radius 1 is 1.16 bits per heavy atom. The Kier molecular flexibility index (Phi) is 4.41. The van der Waals surface area contributed by atoms with Gasteiger partial charge in [0.15, 0.2) is 5.17 Å². The number of hydrogen-bond donors (Lipinski definition) is 2. The first kappa shape index (κ1) is 13.4. The number of halogens is 1. The first-order valence-corrected chi connectivity index (χ1v) is 6.62. The fourth-order valence-electron chi connectivity index (χ4n) is 1.51. The highest BCUT2D eigenvalue weighted by Gasteiger charge is 2.05. The summed E-state index contributed by atoms with van der Waals surface area (Å²) < 4.78 is 18.5. The van der Waals surface area contributed by atoms with Crippen molar-refractivity contribution in [2.75, 3.05) is 0 Å². The molecule has 0 aliphatic rings. The molecule has 5 heteroatoms. The van der Waals surface area contributed by atoms with Gasteiger partial charge in [0, 0.05) is 11.3 Å². The van der Waals surface area contributed by atoms with Crippen LogP contribution in [0.5, 0.6) is 11.5 Å². The van der Waals surface area contributed by atoms with Crippen molar-refractivity contribution in [3.8, 4) is 11.5 Å². The molecule has 0 atom stereocenters. The van der Waals surface area contributed by atoms with Crippen LogP contribution in [0.4, 0.5) is 4.39 Å². The van der Waals surface area contributed by atoms with E-state index in [4.69, 9.17) is 15.9 Å². The van der Waals surface area contributed by atoms with Gasteiger partial charge in [0.05, 0.1) is 0 Å². The van der Waals surface area contributed by atoms with Crippen LogP contribution in [-0.2, 0) is 5.75 Å². The Labute approximate surface area is 115 Å². The average molecular weight is 276 g/mol. The Morgan fingerprint density at radius 3 is 2.53 bits per heavy atom. The van der Waals surface area contributed by atoms with Gasteiger partial charge in [-0.1, -0.05) is 30.0 Å². The predicted octanol–water partition coefficient (Wildman–Crippen LogP) is 3.74. The van der Waals surface area contributed by atoms with Gasteiger partial charge in [-0.3, -0.25) is 5.41 Å². The topological polar surface area (TPSA) is 59.1 Å². The minimum atomic E-state index is -0.298. The third kappa shape index (κ3) is 3.99. The van der Waals surface area contributed by atoms with E-state index in [1.54, 1.807) is 12.1 Å². The summed E-state index contributed by atoms with van der Waals surface area (Å²) in [7, 11) is 0. The van der Waals surface area contributed by atoms with Crippen LogP contribution in [0.25, 0.3) is 0 Å². The standard InChI is InChI=1S/C14H13FN2OS/c15-11-5-7-12(8-6-11)18-13-4-2-1-3-10(13)9-19-14(16)17/h1-8H,9H2,(H3,16,17). The van der Waals surface area contributed by atoms with E-state index in [9.17, 15) is 4.39 Å². The van der Waals surface area contributed by atoms with E-state index in [1.165, 1.54) is 23.9 Å². The molecule has 0 aliphatic heterocycles. The number of benzene rings is 2. The summed E-state index contributed by atoms with van der Waals surface area (Å²) >= 11 is 1.23. The lowest BCUT2D eigenvalue weighted by molar-refractivity contribution is 0.476. The van der Waals surface area contributed by atoms with Gasteiger partial charge in [-0.2, -0.15) is 0 Å². The molecule has 0 amide bonds. The summed E-state index contributed by atoms with van der Waals surface area (Å²) in [4.78, 5) is 0. The van der Waals surface area contributed by atoms with Crippen LogP contribution in [-0.4, -0.2) is 5.17 Å². The molecule has 3 nitrogen and oxygen atoms in total. The maximum atomic E-state index is 12.8. The lowest BCUT2D eigenvalue weighted by Crippen LogP contribution is -2.04. The van der Waals surface area contributed by atoms with Gasteiger partial charge in [-0.15, -0.1) is 0 Å². The molecule has 0 fully saturated rings. The molecule has 98 valence electrons. The smallest absolute Gasteiger partial charge is 0.151 e. The highest BCUT2D eigenvalue weighted by Crippen LogP contribution is 2.28. The van der Waals surface area contributed by atoms with Gasteiger partial charge in [-0.25, -0.2) is 4.39 Å². The van der Waals surface area contributed by atoms with Gasteiger partial charge in [0.2, 0.25) is 0 Å². The van der Waals surface area contributed by atoms with E-state index in [0.29, 0.717) is 17.3 Å². The van der Waals surface area contributed by atoms with E-state index in [2.05, 4.69) is 0 Å². The fraction of sp³-hybridized carbons (Fsp3) is 0.0714. The molecule has 2 aromatic carbocycles. The summed E-state index contributed by atoms with van der Waals surface area (Å²) in [5.41, 5.74) is 6.26. The summed E-state index contributed by atoms with van der Waals surface area (Å²) in [6, 6.07) is 13.3. The largest absolute Gasteiger partial charge is 0.457 e. The molecule has 3 N–H and O–H groups in total. The van der Waals surface area contributed by atoms with E-state index in [-0.39, 0.29) is 11.0 Å². The second kappa shape index (κ2) is 6.24. The van der Waals surface area contributed by atoms with Crippen molar-refractivity contribution in [2.24, 2.45) is 5.73 Å². The van der Waals surface area contributed by atoms with Gasteiger partial charge >= 0.3 is 0 Å². The first-order valence-electron chi connectivity index (χ1n) is 5.63. The third-order valence-corrected chi connectivity index (χ3v) is 3.16. The highest BCUT2D eigenvalue weighted by molar-refractivity contribution is 8.13. The zero-order valence-corrected chi connectivity index (χ0v) is 10.9. The minimum absolute atomic E-state index is 0.0663. The van der Waals surface area contributed by atoms with Crippen molar-refractivity contribution in [1.82, 2.24) is 0 Å². The summed E-state index contributed by atoms with van der Waals surface area (Å²) in [6.45, 7) is 0. The van der Waals surface area contributed by atoms with Gasteiger partial charge in [0.1, 0.15) is 17.3 Å². The predicted molar refractivity (Wildman–Crippen MR) is 76.1 cm³/mol. The molecule has 2 aromatic rings. The lowest BCUT2D eigenvalue weighted by Gasteiger charge is -2.10.